The quantitative estimate of drug-likeness (QED) is 0.737. The van der Waals surface area contributed by atoms with Gasteiger partial charge in [0, 0.05) is 26.2 Å². The summed E-state index contributed by atoms with van der Waals surface area (Å²) in [6, 6.07) is 5.72. The second-order valence-corrected chi connectivity index (χ2v) is 10.4. The number of nitrogens with one attached hydrogen (secondary N) is 1. The largest absolute Gasteiger partial charge is 0.316 e. The summed E-state index contributed by atoms with van der Waals surface area (Å²) < 4.78 is 54.0. The molecule has 2 aliphatic heterocycles. The van der Waals surface area contributed by atoms with Crippen LogP contribution in [-0.4, -0.2) is 64.7 Å². The first kappa shape index (κ1) is 21.6. The fourth-order valence-corrected chi connectivity index (χ4v) is 6.84. The molecule has 1 aromatic rings. The fraction of sp³-hybridized carbons (Fsp3) is 0.625. The minimum atomic E-state index is -3.68. The lowest BCUT2D eigenvalue weighted by Gasteiger charge is -2.20. The zero-order valence-electron chi connectivity index (χ0n) is 15.0. The topological polar surface area (TPSA) is 86.8 Å². The Morgan fingerprint density at radius 3 is 2.12 bits per heavy atom. The fourth-order valence-electron chi connectivity index (χ4n) is 3.67. The SMILES string of the molecule is CCN(CC)S(=O)(=O)c1cccc(S(=O)(=O)N2C[C@H]3CNC[C@H]3C2)c1.Cl. The smallest absolute Gasteiger partial charge is 0.243 e. The van der Waals surface area contributed by atoms with Gasteiger partial charge in [-0.25, -0.2) is 16.8 Å². The zero-order chi connectivity index (χ0) is 18.2. The van der Waals surface area contributed by atoms with Crippen LogP contribution in [0.25, 0.3) is 0 Å². The average Bonchev–Trinajstić information content (AvgIpc) is 3.18. The molecule has 26 heavy (non-hydrogen) atoms. The van der Waals surface area contributed by atoms with Gasteiger partial charge in [0.1, 0.15) is 0 Å². The maximum absolute atomic E-state index is 13.0. The van der Waals surface area contributed by atoms with E-state index in [-0.39, 0.29) is 22.2 Å². The van der Waals surface area contributed by atoms with Gasteiger partial charge >= 0.3 is 0 Å². The van der Waals surface area contributed by atoms with E-state index < -0.39 is 20.0 Å². The van der Waals surface area contributed by atoms with E-state index >= 15 is 0 Å². The van der Waals surface area contributed by atoms with Gasteiger partial charge in [-0.05, 0) is 43.1 Å². The van der Waals surface area contributed by atoms with Crippen LogP contribution in [0.5, 0.6) is 0 Å². The Balaban J connectivity index is 0.00000243. The highest BCUT2D eigenvalue weighted by atomic mass is 35.5. The molecular formula is C16H26ClN3O4S2. The molecule has 0 bridgehead atoms. The molecule has 2 saturated heterocycles. The molecule has 0 aliphatic carbocycles. The lowest BCUT2D eigenvalue weighted by atomic mass is 10.0. The van der Waals surface area contributed by atoms with Gasteiger partial charge in [0.25, 0.3) is 0 Å². The summed E-state index contributed by atoms with van der Waals surface area (Å²) in [5.41, 5.74) is 0. The predicted octanol–water partition coefficient (Wildman–Crippen LogP) is 0.979. The summed E-state index contributed by atoms with van der Waals surface area (Å²) in [4.78, 5) is 0.0759. The number of nitrogens with zero attached hydrogens (tertiary/aromatic N) is 2. The van der Waals surface area contributed by atoms with Crippen molar-refractivity contribution in [3.8, 4) is 0 Å². The van der Waals surface area contributed by atoms with Gasteiger partial charge in [0.2, 0.25) is 20.0 Å². The van der Waals surface area contributed by atoms with Crippen molar-refractivity contribution in [2.75, 3.05) is 39.3 Å². The molecule has 2 atom stereocenters. The number of hydrogen-bond donors (Lipinski definition) is 1. The van der Waals surface area contributed by atoms with E-state index in [0.717, 1.165) is 13.1 Å². The standard InChI is InChI=1S/C16H25N3O4S2.ClH/c1-3-18(4-2)24(20,21)15-6-5-7-16(8-15)25(22,23)19-11-13-9-17-10-14(13)12-19;/h5-8,13-14,17H,3-4,9-12H2,1-2H3;1H/t13-,14+;. The lowest BCUT2D eigenvalue weighted by Crippen LogP contribution is -2.33. The van der Waals surface area contributed by atoms with E-state index in [1.54, 1.807) is 13.8 Å². The molecular weight excluding hydrogens is 398 g/mol. The number of fused-ring (bicyclic) bond motifs is 1. The third-order valence-corrected chi connectivity index (χ3v) is 9.02. The van der Waals surface area contributed by atoms with E-state index in [9.17, 15) is 16.8 Å². The first-order chi connectivity index (χ1) is 11.8. The molecule has 2 heterocycles. The third kappa shape index (κ3) is 3.79. The van der Waals surface area contributed by atoms with Crippen molar-refractivity contribution in [2.24, 2.45) is 11.8 Å². The summed E-state index contributed by atoms with van der Waals surface area (Å²) in [6.45, 7) is 6.88. The molecule has 1 aromatic carbocycles. The van der Waals surface area contributed by atoms with Crippen LogP contribution in [0, 0.1) is 11.8 Å². The summed E-state index contributed by atoms with van der Waals surface area (Å²) >= 11 is 0. The minimum Gasteiger partial charge on any atom is -0.316 e. The Morgan fingerprint density at radius 2 is 1.58 bits per heavy atom. The molecule has 0 unspecified atom stereocenters. The molecule has 0 radical (unpaired) electrons. The summed E-state index contributed by atoms with van der Waals surface area (Å²) in [7, 11) is -7.36. The first-order valence-corrected chi connectivity index (χ1v) is 11.5. The zero-order valence-corrected chi connectivity index (χ0v) is 17.4. The Kier molecular flexibility index (Phi) is 6.74. The van der Waals surface area contributed by atoms with E-state index in [4.69, 9.17) is 0 Å². The van der Waals surface area contributed by atoms with Crippen LogP contribution in [-0.2, 0) is 20.0 Å². The minimum absolute atomic E-state index is 0. The molecule has 0 saturated carbocycles. The molecule has 0 amide bonds. The lowest BCUT2D eigenvalue weighted by molar-refractivity contribution is 0.444. The first-order valence-electron chi connectivity index (χ1n) is 8.61. The van der Waals surface area contributed by atoms with Crippen molar-refractivity contribution in [2.45, 2.75) is 23.6 Å². The molecule has 7 nitrogen and oxygen atoms in total. The third-order valence-electron chi connectivity index (χ3n) is 5.14. The van der Waals surface area contributed by atoms with Crippen molar-refractivity contribution in [1.29, 1.82) is 0 Å². The monoisotopic (exact) mass is 423 g/mol. The highest BCUT2D eigenvalue weighted by Crippen LogP contribution is 2.31. The van der Waals surface area contributed by atoms with Crippen LogP contribution in [0.15, 0.2) is 34.1 Å². The highest BCUT2D eigenvalue weighted by molar-refractivity contribution is 7.90. The average molecular weight is 424 g/mol. The molecule has 10 heteroatoms. The van der Waals surface area contributed by atoms with E-state index in [0.29, 0.717) is 38.0 Å². The predicted molar refractivity (Wildman–Crippen MR) is 102 cm³/mol. The van der Waals surface area contributed by atoms with Crippen LogP contribution in [0.2, 0.25) is 0 Å². The maximum atomic E-state index is 13.0. The number of benzene rings is 1. The molecule has 1 N–H and O–H groups in total. The van der Waals surface area contributed by atoms with Gasteiger partial charge in [0.15, 0.2) is 0 Å². The maximum Gasteiger partial charge on any atom is 0.243 e. The van der Waals surface area contributed by atoms with Crippen molar-refractivity contribution < 1.29 is 16.8 Å². The van der Waals surface area contributed by atoms with E-state index in [2.05, 4.69) is 5.32 Å². The molecule has 2 aliphatic rings. The second kappa shape index (κ2) is 8.12. The number of halogens is 1. The Bertz CT molecular complexity index is 829. The molecule has 148 valence electrons. The van der Waals surface area contributed by atoms with E-state index in [1.165, 1.54) is 32.9 Å². The second-order valence-electron chi connectivity index (χ2n) is 6.56. The van der Waals surface area contributed by atoms with E-state index in [1.807, 2.05) is 0 Å². The Labute approximate surface area is 162 Å². The number of rotatable bonds is 6. The summed E-state index contributed by atoms with van der Waals surface area (Å²) in [5, 5.41) is 3.28. The van der Waals surface area contributed by atoms with Crippen LogP contribution in [0.3, 0.4) is 0 Å². The van der Waals surface area contributed by atoms with Crippen LogP contribution < -0.4 is 5.32 Å². The van der Waals surface area contributed by atoms with Gasteiger partial charge in [-0.3, -0.25) is 0 Å². The van der Waals surface area contributed by atoms with Crippen molar-refractivity contribution in [3.05, 3.63) is 24.3 Å². The number of hydrogen-bond acceptors (Lipinski definition) is 5. The van der Waals surface area contributed by atoms with Gasteiger partial charge < -0.3 is 5.32 Å². The molecule has 0 spiro atoms. The van der Waals surface area contributed by atoms with Gasteiger partial charge in [-0.15, -0.1) is 12.4 Å². The van der Waals surface area contributed by atoms with Crippen LogP contribution in [0.4, 0.5) is 0 Å². The van der Waals surface area contributed by atoms with Gasteiger partial charge in [-0.1, -0.05) is 19.9 Å². The van der Waals surface area contributed by atoms with Gasteiger partial charge in [0.05, 0.1) is 9.79 Å². The molecule has 2 fully saturated rings. The normalized spacial score (nSPS) is 23.8. The van der Waals surface area contributed by atoms with Crippen LogP contribution >= 0.6 is 12.4 Å². The van der Waals surface area contributed by atoms with Crippen LogP contribution in [0.1, 0.15) is 13.8 Å². The number of sulfonamides is 2. The Hall–Kier alpha value is -0.710. The van der Waals surface area contributed by atoms with Crippen molar-refractivity contribution in [3.63, 3.8) is 0 Å². The Morgan fingerprint density at radius 1 is 1.04 bits per heavy atom. The molecule has 3 rings (SSSR count). The van der Waals surface area contributed by atoms with Crippen molar-refractivity contribution in [1.82, 2.24) is 13.9 Å². The summed E-state index contributed by atoms with van der Waals surface area (Å²) in [6.07, 6.45) is 0. The highest BCUT2D eigenvalue weighted by Gasteiger charge is 2.41. The molecule has 0 aromatic heterocycles. The van der Waals surface area contributed by atoms with Crippen molar-refractivity contribution >= 4 is 32.5 Å². The van der Waals surface area contributed by atoms with Gasteiger partial charge in [-0.2, -0.15) is 8.61 Å². The summed E-state index contributed by atoms with van der Waals surface area (Å²) in [5.74, 6) is 0.690.